The van der Waals surface area contributed by atoms with Crippen LogP contribution in [0.25, 0.3) is 10.9 Å². The van der Waals surface area contributed by atoms with E-state index in [0.717, 1.165) is 41.4 Å². The number of pyridine rings is 1. The number of hydrogen-bond acceptors (Lipinski definition) is 5. The van der Waals surface area contributed by atoms with Gasteiger partial charge in [0.1, 0.15) is 5.56 Å². The fourth-order valence-electron chi connectivity index (χ4n) is 2.56. The Morgan fingerprint density at radius 2 is 2.12 bits per heavy atom. The molecule has 0 fully saturated rings. The molecule has 2 N–H and O–H groups in total. The Balaban J connectivity index is 2.38. The van der Waals surface area contributed by atoms with Gasteiger partial charge in [-0.15, -0.1) is 0 Å². The molecule has 1 aromatic carbocycles. The number of aliphatic hydroxyl groups is 1. The van der Waals surface area contributed by atoms with Crippen molar-refractivity contribution in [2.24, 2.45) is 0 Å². The van der Waals surface area contributed by atoms with Crippen molar-refractivity contribution in [3.63, 3.8) is 0 Å². The molecule has 130 valence electrons. The van der Waals surface area contributed by atoms with Gasteiger partial charge in [0.15, 0.2) is 0 Å². The fourth-order valence-corrected chi connectivity index (χ4v) is 2.72. The van der Waals surface area contributed by atoms with Gasteiger partial charge < -0.3 is 15.2 Å². The number of esters is 1. The zero-order valence-electron chi connectivity index (χ0n) is 14.1. The molecule has 5 nitrogen and oxygen atoms in total. The standard InChI is InChI=1S/C18H23ClN2O3/c1-3-24-18(23)14-11-21-16-12(2)15(19)8-7-13(16)17(14)20-9-5-4-6-10-22/h7-8,11,22H,3-6,9-10H2,1-2H3,(H,20,21). The van der Waals surface area contributed by atoms with Crippen LogP contribution in [0.2, 0.25) is 5.02 Å². The normalized spacial score (nSPS) is 10.8. The molecule has 2 rings (SSSR count). The molecule has 0 aliphatic heterocycles. The van der Waals surface area contributed by atoms with E-state index in [1.54, 1.807) is 13.1 Å². The van der Waals surface area contributed by atoms with E-state index >= 15 is 0 Å². The first-order valence-electron chi connectivity index (χ1n) is 8.19. The van der Waals surface area contributed by atoms with Crippen molar-refractivity contribution in [3.8, 4) is 0 Å². The number of nitrogens with zero attached hydrogens (tertiary/aromatic N) is 1. The molecule has 0 radical (unpaired) electrons. The Hall–Kier alpha value is -1.85. The number of rotatable bonds is 8. The second-order valence-electron chi connectivity index (χ2n) is 5.55. The van der Waals surface area contributed by atoms with Gasteiger partial charge in [-0.3, -0.25) is 4.98 Å². The minimum Gasteiger partial charge on any atom is -0.462 e. The van der Waals surface area contributed by atoms with Crippen LogP contribution in [0.1, 0.15) is 42.1 Å². The number of aliphatic hydroxyl groups excluding tert-OH is 1. The topological polar surface area (TPSA) is 71.5 Å². The number of halogens is 1. The lowest BCUT2D eigenvalue weighted by atomic mass is 10.1. The second-order valence-corrected chi connectivity index (χ2v) is 5.95. The monoisotopic (exact) mass is 350 g/mol. The van der Waals surface area contributed by atoms with E-state index in [2.05, 4.69) is 10.3 Å². The van der Waals surface area contributed by atoms with Crippen molar-refractivity contribution in [1.82, 2.24) is 4.98 Å². The molecule has 1 aromatic heterocycles. The SMILES string of the molecule is CCOC(=O)c1cnc2c(C)c(Cl)ccc2c1NCCCCCO. The maximum atomic E-state index is 12.2. The molecule has 0 bridgehead atoms. The van der Waals surface area contributed by atoms with Crippen LogP contribution in [0, 0.1) is 6.92 Å². The average Bonchev–Trinajstić information content (AvgIpc) is 2.58. The minimum absolute atomic E-state index is 0.198. The predicted octanol–water partition coefficient (Wildman–Crippen LogP) is 3.95. The number of aromatic nitrogens is 1. The summed E-state index contributed by atoms with van der Waals surface area (Å²) >= 11 is 6.18. The minimum atomic E-state index is -0.391. The molecule has 0 spiro atoms. The predicted molar refractivity (Wildman–Crippen MR) is 96.9 cm³/mol. The van der Waals surface area contributed by atoms with Crippen molar-refractivity contribution < 1.29 is 14.6 Å². The maximum Gasteiger partial charge on any atom is 0.341 e. The molecule has 0 unspecified atom stereocenters. The summed E-state index contributed by atoms with van der Waals surface area (Å²) in [6.07, 6.45) is 4.14. The highest BCUT2D eigenvalue weighted by Crippen LogP contribution is 2.31. The third-order valence-corrected chi connectivity index (χ3v) is 4.27. The van der Waals surface area contributed by atoms with Crippen LogP contribution in [0.4, 0.5) is 5.69 Å². The van der Waals surface area contributed by atoms with Gasteiger partial charge in [0, 0.05) is 29.8 Å². The molecule has 6 heteroatoms. The number of hydrogen-bond donors (Lipinski definition) is 2. The zero-order chi connectivity index (χ0) is 17.5. The first kappa shape index (κ1) is 18.5. The van der Waals surface area contributed by atoms with Crippen molar-refractivity contribution in [3.05, 3.63) is 34.5 Å². The number of benzene rings is 1. The summed E-state index contributed by atoms with van der Waals surface area (Å²) in [6, 6.07) is 3.68. The van der Waals surface area contributed by atoms with Crippen LogP contribution in [0.3, 0.4) is 0 Å². The van der Waals surface area contributed by atoms with E-state index in [1.165, 1.54) is 0 Å². The van der Waals surface area contributed by atoms with Gasteiger partial charge in [0.2, 0.25) is 0 Å². The smallest absolute Gasteiger partial charge is 0.341 e. The Bertz CT molecular complexity index is 719. The molecule has 0 saturated carbocycles. The largest absolute Gasteiger partial charge is 0.462 e. The van der Waals surface area contributed by atoms with E-state index in [4.69, 9.17) is 21.4 Å². The van der Waals surface area contributed by atoms with Gasteiger partial charge in [0.25, 0.3) is 0 Å². The first-order chi connectivity index (χ1) is 11.6. The number of aryl methyl sites for hydroxylation is 1. The summed E-state index contributed by atoms with van der Waals surface area (Å²) in [7, 11) is 0. The highest BCUT2D eigenvalue weighted by molar-refractivity contribution is 6.32. The first-order valence-corrected chi connectivity index (χ1v) is 8.57. The fraction of sp³-hybridized carbons (Fsp3) is 0.444. The van der Waals surface area contributed by atoms with Crippen LogP contribution in [-0.4, -0.2) is 35.8 Å². The van der Waals surface area contributed by atoms with Gasteiger partial charge in [0.05, 0.1) is 17.8 Å². The van der Waals surface area contributed by atoms with E-state index in [9.17, 15) is 4.79 Å². The van der Waals surface area contributed by atoms with Gasteiger partial charge in [-0.05, 0) is 50.8 Å². The van der Waals surface area contributed by atoms with Gasteiger partial charge in [-0.2, -0.15) is 0 Å². The summed E-state index contributed by atoms with van der Waals surface area (Å²) in [4.78, 5) is 16.6. The molecule has 0 amide bonds. The Morgan fingerprint density at radius 3 is 2.83 bits per heavy atom. The lowest BCUT2D eigenvalue weighted by Crippen LogP contribution is -2.12. The molecule has 1 heterocycles. The van der Waals surface area contributed by atoms with E-state index in [1.807, 2.05) is 19.1 Å². The van der Waals surface area contributed by atoms with Crippen molar-refractivity contribution >= 4 is 34.2 Å². The highest BCUT2D eigenvalue weighted by Gasteiger charge is 2.17. The summed E-state index contributed by atoms with van der Waals surface area (Å²) in [5, 5.41) is 13.7. The van der Waals surface area contributed by atoms with Crippen LogP contribution in [0.5, 0.6) is 0 Å². The second kappa shape index (κ2) is 8.85. The van der Waals surface area contributed by atoms with E-state index in [-0.39, 0.29) is 6.61 Å². The van der Waals surface area contributed by atoms with E-state index < -0.39 is 5.97 Å². The number of unbranched alkanes of at least 4 members (excludes halogenated alkanes) is 2. The van der Waals surface area contributed by atoms with Crippen LogP contribution in [0.15, 0.2) is 18.3 Å². The number of ether oxygens (including phenoxy) is 1. The number of carbonyl (C=O) groups excluding carboxylic acids is 1. The van der Waals surface area contributed by atoms with Crippen LogP contribution < -0.4 is 5.32 Å². The average molecular weight is 351 g/mol. The van der Waals surface area contributed by atoms with Gasteiger partial charge >= 0.3 is 5.97 Å². The lowest BCUT2D eigenvalue weighted by Gasteiger charge is -2.15. The molecule has 24 heavy (non-hydrogen) atoms. The summed E-state index contributed by atoms with van der Waals surface area (Å²) in [6.45, 7) is 4.90. The summed E-state index contributed by atoms with van der Waals surface area (Å²) < 4.78 is 5.14. The Labute approximate surface area is 147 Å². The Kier molecular flexibility index (Phi) is 6.82. The summed E-state index contributed by atoms with van der Waals surface area (Å²) in [5.41, 5.74) is 2.80. The van der Waals surface area contributed by atoms with Crippen LogP contribution in [-0.2, 0) is 4.74 Å². The molecular formula is C18H23ClN2O3. The van der Waals surface area contributed by atoms with Crippen molar-refractivity contribution in [2.75, 3.05) is 25.1 Å². The number of anilines is 1. The quantitative estimate of drug-likeness (QED) is 0.557. The van der Waals surface area contributed by atoms with Gasteiger partial charge in [-0.25, -0.2) is 4.79 Å². The summed E-state index contributed by atoms with van der Waals surface area (Å²) in [5.74, 6) is -0.391. The van der Waals surface area contributed by atoms with Gasteiger partial charge in [-0.1, -0.05) is 11.6 Å². The lowest BCUT2D eigenvalue weighted by molar-refractivity contribution is 0.0527. The third kappa shape index (κ3) is 4.16. The number of carbonyl (C=O) groups is 1. The molecule has 0 aliphatic rings. The third-order valence-electron chi connectivity index (χ3n) is 3.86. The molecule has 0 aliphatic carbocycles. The molecule has 2 aromatic rings. The molecule has 0 atom stereocenters. The van der Waals surface area contributed by atoms with Crippen molar-refractivity contribution in [2.45, 2.75) is 33.1 Å². The zero-order valence-corrected chi connectivity index (χ0v) is 14.8. The molecule has 0 saturated heterocycles. The van der Waals surface area contributed by atoms with Crippen molar-refractivity contribution in [1.29, 1.82) is 0 Å². The van der Waals surface area contributed by atoms with E-state index in [0.29, 0.717) is 23.7 Å². The maximum absolute atomic E-state index is 12.2. The Morgan fingerprint density at radius 1 is 1.33 bits per heavy atom. The molecular weight excluding hydrogens is 328 g/mol. The highest BCUT2D eigenvalue weighted by atomic mass is 35.5. The number of fused-ring (bicyclic) bond motifs is 1. The number of nitrogens with one attached hydrogen (secondary N) is 1. The van der Waals surface area contributed by atoms with Crippen LogP contribution >= 0.6 is 11.6 Å².